The van der Waals surface area contributed by atoms with Crippen LogP contribution in [0.5, 0.6) is 23.0 Å². The van der Waals surface area contributed by atoms with E-state index in [-0.39, 0.29) is 12.2 Å². The molecule has 0 saturated carbocycles. The summed E-state index contributed by atoms with van der Waals surface area (Å²) in [6.07, 6.45) is 10.7. The van der Waals surface area contributed by atoms with Crippen LogP contribution in [0.4, 0.5) is 28.4 Å². The molecule has 8 heteroatoms. The van der Waals surface area contributed by atoms with Crippen LogP contribution in [0, 0.1) is 6.92 Å². The van der Waals surface area contributed by atoms with Gasteiger partial charge in [0, 0.05) is 42.1 Å². The van der Waals surface area contributed by atoms with Crippen LogP contribution in [0.2, 0.25) is 0 Å². The SMILES string of the molecule is CCCC1C=CN(CCC)C(c2c3c(cc(-c4nccc(C)n4)c2N2c4ccccc4Oc4ccccc42)Oc2ccccc2N3)N1CCC. The highest BCUT2D eigenvalue weighted by Gasteiger charge is 2.41. The summed E-state index contributed by atoms with van der Waals surface area (Å²) in [5, 5.41) is 3.89. The van der Waals surface area contributed by atoms with Crippen molar-refractivity contribution >= 4 is 28.4 Å². The van der Waals surface area contributed by atoms with E-state index in [4.69, 9.17) is 19.4 Å². The second-order valence-electron chi connectivity index (χ2n) is 13.2. The third kappa shape index (κ3) is 5.53. The zero-order chi connectivity index (χ0) is 34.2. The Kier molecular flexibility index (Phi) is 8.63. The number of benzene rings is 4. The number of aryl methyl sites for hydroxylation is 1. The van der Waals surface area contributed by atoms with Crippen LogP contribution in [-0.4, -0.2) is 38.9 Å². The minimum atomic E-state index is -0.117. The Morgan fingerprint density at radius 1 is 0.760 bits per heavy atom. The molecule has 8 rings (SSSR count). The number of hydrogen-bond donors (Lipinski definition) is 1. The molecule has 0 bridgehead atoms. The topological polar surface area (TPSA) is 66.0 Å². The lowest BCUT2D eigenvalue weighted by molar-refractivity contribution is 0.0341. The molecule has 2 atom stereocenters. The number of rotatable bonds is 9. The average Bonchev–Trinajstić information content (AvgIpc) is 3.14. The molecule has 0 spiro atoms. The molecule has 8 nitrogen and oxygen atoms in total. The zero-order valence-electron chi connectivity index (χ0n) is 29.3. The Hall–Kier alpha value is -5.34. The molecular formula is C42H44N6O2. The molecule has 3 aliphatic heterocycles. The fourth-order valence-electron chi connectivity index (χ4n) is 7.64. The summed E-state index contributed by atoms with van der Waals surface area (Å²) in [5.74, 6) is 3.79. The van der Waals surface area contributed by atoms with Crippen molar-refractivity contribution in [3.8, 4) is 34.4 Å². The van der Waals surface area contributed by atoms with Gasteiger partial charge in [-0.1, -0.05) is 69.7 Å². The summed E-state index contributed by atoms with van der Waals surface area (Å²) < 4.78 is 13.4. The predicted octanol–water partition coefficient (Wildman–Crippen LogP) is 11.0. The molecule has 2 unspecified atom stereocenters. The molecule has 4 heterocycles. The molecule has 5 aromatic rings. The fraction of sp³-hybridized carbons (Fsp3) is 0.286. The second-order valence-corrected chi connectivity index (χ2v) is 13.2. The molecule has 0 saturated heterocycles. The van der Waals surface area contributed by atoms with Crippen LogP contribution in [0.25, 0.3) is 11.4 Å². The van der Waals surface area contributed by atoms with E-state index in [9.17, 15) is 0 Å². The lowest BCUT2D eigenvalue weighted by Gasteiger charge is -2.48. The van der Waals surface area contributed by atoms with Crippen molar-refractivity contribution in [3.05, 3.63) is 115 Å². The summed E-state index contributed by atoms with van der Waals surface area (Å²) in [5.41, 5.74) is 7.73. The van der Waals surface area contributed by atoms with Gasteiger partial charge in [0.15, 0.2) is 28.8 Å². The van der Waals surface area contributed by atoms with Crippen LogP contribution in [0.3, 0.4) is 0 Å². The minimum Gasteiger partial charge on any atom is -0.453 e. The Balaban J connectivity index is 1.52. The monoisotopic (exact) mass is 664 g/mol. The number of aromatic nitrogens is 2. The zero-order valence-corrected chi connectivity index (χ0v) is 29.3. The predicted molar refractivity (Wildman–Crippen MR) is 201 cm³/mol. The number of para-hydroxylation sites is 6. The van der Waals surface area contributed by atoms with Crippen molar-refractivity contribution in [3.63, 3.8) is 0 Å². The van der Waals surface area contributed by atoms with Gasteiger partial charge in [0.2, 0.25) is 0 Å². The molecular weight excluding hydrogens is 621 g/mol. The van der Waals surface area contributed by atoms with Crippen molar-refractivity contribution in [1.82, 2.24) is 19.8 Å². The highest BCUT2D eigenvalue weighted by molar-refractivity contribution is 5.98. The van der Waals surface area contributed by atoms with Crippen molar-refractivity contribution < 1.29 is 9.47 Å². The molecule has 1 N–H and O–H groups in total. The molecule has 0 radical (unpaired) electrons. The smallest absolute Gasteiger partial charge is 0.161 e. The fourth-order valence-corrected chi connectivity index (χ4v) is 7.64. The Bertz CT molecular complexity index is 2020. The van der Waals surface area contributed by atoms with Crippen LogP contribution in [0.1, 0.15) is 63.9 Å². The van der Waals surface area contributed by atoms with Crippen LogP contribution < -0.4 is 19.7 Å². The van der Waals surface area contributed by atoms with Gasteiger partial charge in [0.25, 0.3) is 0 Å². The molecule has 0 aliphatic carbocycles. The number of anilines is 5. The molecule has 50 heavy (non-hydrogen) atoms. The van der Waals surface area contributed by atoms with E-state index in [0.717, 1.165) is 107 Å². The van der Waals surface area contributed by atoms with Gasteiger partial charge in [-0.15, -0.1) is 0 Å². The van der Waals surface area contributed by atoms with Crippen molar-refractivity contribution in [1.29, 1.82) is 0 Å². The standard InChI is InChI=1S/C42H44N6O2/c1-5-14-29-22-26-46(24-6-2)42(47(29)25-7-3)38-39-37(49-34-18-11-8-15-31(34)45-39)27-30(41-43-23-21-28(4)44-41)40(38)48-32-16-9-12-19-35(32)50-36-20-13-10-17-33(36)48/h8-13,15-23,26-27,29,42,45H,5-7,14,24-25H2,1-4H3. The first-order valence-electron chi connectivity index (χ1n) is 18.0. The Labute approximate surface area is 295 Å². The van der Waals surface area contributed by atoms with E-state index in [0.29, 0.717) is 5.82 Å². The second kappa shape index (κ2) is 13.5. The van der Waals surface area contributed by atoms with E-state index in [1.807, 2.05) is 55.6 Å². The number of ether oxygens (including phenoxy) is 2. The van der Waals surface area contributed by atoms with Gasteiger partial charge >= 0.3 is 0 Å². The third-order valence-corrected chi connectivity index (χ3v) is 9.72. The van der Waals surface area contributed by atoms with Gasteiger partial charge in [-0.05, 0) is 80.9 Å². The molecule has 254 valence electrons. The maximum absolute atomic E-state index is 6.83. The van der Waals surface area contributed by atoms with Crippen molar-refractivity contribution in [2.45, 2.75) is 65.6 Å². The van der Waals surface area contributed by atoms with E-state index < -0.39 is 0 Å². The van der Waals surface area contributed by atoms with Gasteiger partial charge < -0.3 is 24.6 Å². The normalized spacial score (nSPS) is 17.5. The molecule has 3 aliphatic rings. The maximum atomic E-state index is 6.83. The maximum Gasteiger partial charge on any atom is 0.161 e. The number of nitrogens with one attached hydrogen (secondary N) is 1. The van der Waals surface area contributed by atoms with E-state index in [1.54, 1.807) is 0 Å². The van der Waals surface area contributed by atoms with E-state index >= 15 is 0 Å². The largest absolute Gasteiger partial charge is 0.453 e. The molecule has 0 fully saturated rings. The summed E-state index contributed by atoms with van der Waals surface area (Å²) in [7, 11) is 0. The first kappa shape index (κ1) is 31.9. The summed E-state index contributed by atoms with van der Waals surface area (Å²) in [4.78, 5) is 17.6. The summed E-state index contributed by atoms with van der Waals surface area (Å²) >= 11 is 0. The molecule has 1 aromatic heterocycles. The lowest BCUT2D eigenvalue weighted by Crippen LogP contribution is -2.48. The Morgan fingerprint density at radius 3 is 2.14 bits per heavy atom. The lowest BCUT2D eigenvalue weighted by atomic mass is 9.92. The first-order chi connectivity index (χ1) is 24.6. The highest BCUT2D eigenvalue weighted by atomic mass is 16.5. The van der Waals surface area contributed by atoms with E-state index in [2.05, 4.69) is 95.5 Å². The highest BCUT2D eigenvalue weighted by Crippen LogP contribution is 2.59. The molecule has 4 aromatic carbocycles. The third-order valence-electron chi connectivity index (χ3n) is 9.72. The summed E-state index contributed by atoms with van der Waals surface area (Å²) in [6, 6.07) is 29.1. The summed E-state index contributed by atoms with van der Waals surface area (Å²) in [6.45, 7) is 10.7. The number of nitrogens with zero attached hydrogens (tertiary/aromatic N) is 5. The molecule has 0 amide bonds. The van der Waals surface area contributed by atoms with Gasteiger partial charge in [-0.25, -0.2) is 9.97 Å². The quantitative estimate of drug-likeness (QED) is 0.164. The van der Waals surface area contributed by atoms with Gasteiger partial charge in [-0.3, -0.25) is 4.90 Å². The van der Waals surface area contributed by atoms with Crippen LogP contribution in [-0.2, 0) is 0 Å². The van der Waals surface area contributed by atoms with Crippen molar-refractivity contribution in [2.24, 2.45) is 0 Å². The van der Waals surface area contributed by atoms with E-state index in [1.165, 1.54) is 0 Å². The van der Waals surface area contributed by atoms with Gasteiger partial charge in [0.1, 0.15) is 6.17 Å². The van der Waals surface area contributed by atoms with Crippen LogP contribution >= 0.6 is 0 Å². The Morgan fingerprint density at radius 2 is 1.44 bits per heavy atom. The first-order valence-corrected chi connectivity index (χ1v) is 18.0. The number of hydrogen-bond acceptors (Lipinski definition) is 8. The number of fused-ring (bicyclic) bond motifs is 4. The van der Waals surface area contributed by atoms with Crippen LogP contribution in [0.15, 0.2) is 103 Å². The average molecular weight is 665 g/mol. The van der Waals surface area contributed by atoms with Crippen molar-refractivity contribution in [2.75, 3.05) is 23.3 Å². The van der Waals surface area contributed by atoms with Gasteiger partial charge in [-0.2, -0.15) is 0 Å². The van der Waals surface area contributed by atoms with Gasteiger partial charge in [0.05, 0.1) is 28.4 Å². The minimum absolute atomic E-state index is 0.117.